The summed E-state index contributed by atoms with van der Waals surface area (Å²) in [5.74, 6) is -0.200. The van der Waals surface area contributed by atoms with Gasteiger partial charge in [0.25, 0.3) is 0 Å². The molecule has 1 atom stereocenters. The van der Waals surface area contributed by atoms with Gasteiger partial charge in [0.1, 0.15) is 17.5 Å². The van der Waals surface area contributed by atoms with E-state index in [1.54, 1.807) is 20.8 Å². The largest absolute Gasteiger partial charge is 0.444 e. The number of hydrogen-bond donors (Lipinski definition) is 5. The van der Waals surface area contributed by atoms with Crippen LogP contribution in [0, 0.1) is 10.1 Å². The maximum absolute atomic E-state index is 13.7. The number of nitrogens with two attached hydrogens (primary N) is 1. The first-order valence-corrected chi connectivity index (χ1v) is 14.9. The van der Waals surface area contributed by atoms with Crippen LogP contribution in [0.4, 0.5) is 27.8 Å². The highest BCUT2D eigenvalue weighted by Crippen LogP contribution is 2.33. The Kier molecular flexibility index (Phi) is 11.5. The zero-order valence-corrected chi connectivity index (χ0v) is 27.1. The first kappa shape index (κ1) is 34.8. The molecule has 0 saturated carbocycles. The third-order valence-corrected chi connectivity index (χ3v) is 6.58. The molecular weight excluding hydrogens is 578 g/mol. The molecule has 3 aromatic rings. The van der Waals surface area contributed by atoms with Crippen LogP contribution in [-0.2, 0) is 27.1 Å². The molecule has 0 spiro atoms. The monoisotopic (exact) mass is 623 g/mol. The number of aryl methyl sites for hydroxylation is 2. The summed E-state index contributed by atoms with van der Waals surface area (Å²) in [6, 6.07) is 9.89. The van der Waals surface area contributed by atoms with Crippen molar-refractivity contribution in [1.82, 2.24) is 15.3 Å². The molecule has 13 nitrogen and oxygen atoms in total. The van der Waals surface area contributed by atoms with Gasteiger partial charge in [0, 0.05) is 30.1 Å². The van der Waals surface area contributed by atoms with Crippen LogP contribution in [0.2, 0.25) is 0 Å². The number of ether oxygens (including phenoxy) is 2. The van der Waals surface area contributed by atoms with E-state index < -0.39 is 34.2 Å². The summed E-state index contributed by atoms with van der Waals surface area (Å²) in [5, 5.41) is 19.9. The number of nitrogens with one attached hydrogen (secondary N) is 4. The second-order valence-electron chi connectivity index (χ2n) is 12.6. The van der Waals surface area contributed by atoms with E-state index in [0.717, 1.165) is 23.2 Å². The van der Waals surface area contributed by atoms with Crippen LogP contribution >= 0.6 is 0 Å². The summed E-state index contributed by atoms with van der Waals surface area (Å²) >= 11 is 0. The Hall–Kier alpha value is -4.65. The standard InChI is InChI=1S/C32H45N7O6/c1-8-20-11-13-21(14-12-20)22-18-35-23(10-9-17-34-26-16-15-25(39(42)43)28(33)37-26)27(22)38-29(40)24(19-44-31(2,3)4)36-30(41)45-32(5,6)7/h11-16,18,24,35H,8-10,17,19H2,1-7H3,(H,36,41)(H,38,40)(H3,33,34,37). The number of aromatic nitrogens is 2. The van der Waals surface area contributed by atoms with Gasteiger partial charge in [-0.1, -0.05) is 31.2 Å². The lowest BCUT2D eigenvalue weighted by Crippen LogP contribution is -2.49. The van der Waals surface area contributed by atoms with Crippen molar-refractivity contribution in [3.63, 3.8) is 0 Å². The minimum Gasteiger partial charge on any atom is -0.444 e. The molecule has 0 radical (unpaired) electrons. The Labute approximate surface area is 263 Å². The molecule has 0 aliphatic rings. The van der Waals surface area contributed by atoms with E-state index in [2.05, 4.69) is 32.8 Å². The fourth-order valence-corrected chi connectivity index (χ4v) is 4.33. The average molecular weight is 624 g/mol. The average Bonchev–Trinajstić information content (AvgIpc) is 3.33. The summed E-state index contributed by atoms with van der Waals surface area (Å²) in [5.41, 5.74) is 8.44. The number of pyridine rings is 1. The van der Waals surface area contributed by atoms with Crippen LogP contribution < -0.4 is 21.7 Å². The first-order chi connectivity index (χ1) is 21.1. The molecule has 0 bridgehead atoms. The van der Waals surface area contributed by atoms with Crippen molar-refractivity contribution in [2.24, 2.45) is 0 Å². The fourth-order valence-electron chi connectivity index (χ4n) is 4.33. The number of rotatable bonds is 13. The number of anilines is 3. The lowest BCUT2D eigenvalue weighted by molar-refractivity contribution is -0.384. The normalized spacial score (nSPS) is 12.3. The third kappa shape index (κ3) is 10.8. The zero-order chi connectivity index (χ0) is 33.4. The van der Waals surface area contributed by atoms with Gasteiger partial charge in [-0.05, 0) is 78.0 Å². The Morgan fingerprint density at radius 3 is 2.33 bits per heavy atom. The van der Waals surface area contributed by atoms with Crippen LogP contribution in [0.15, 0.2) is 42.6 Å². The van der Waals surface area contributed by atoms with Crippen LogP contribution in [0.1, 0.15) is 66.1 Å². The highest BCUT2D eigenvalue weighted by molar-refractivity contribution is 6.00. The number of nitrogen functional groups attached to an aromatic ring is 1. The Bertz CT molecular complexity index is 1470. The highest BCUT2D eigenvalue weighted by Gasteiger charge is 2.28. The molecule has 244 valence electrons. The van der Waals surface area contributed by atoms with Crippen LogP contribution in [0.3, 0.4) is 0 Å². The van der Waals surface area contributed by atoms with E-state index in [4.69, 9.17) is 15.2 Å². The van der Waals surface area contributed by atoms with Crippen LogP contribution in [0.5, 0.6) is 0 Å². The summed E-state index contributed by atoms with van der Waals surface area (Å²) in [4.78, 5) is 44.2. The quantitative estimate of drug-likeness (QED) is 0.0888. The molecule has 13 heteroatoms. The molecule has 2 heterocycles. The van der Waals surface area contributed by atoms with Crippen molar-refractivity contribution in [2.75, 3.05) is 29.5 Å². The minimum atomic E-state index is -1.03. The number of alkyl carbamates (subject to hydrolysis) is 1. The maximum atomic E-state index is 13.7. The number of nitro groups is 1. The maximum Gasteiger partial charge on any atom is 0.408 e. The van der Waals surface area contributed by atoms with E-state index in [-0.39, 0.29) is 18.1 Å². The van der Waals surface area contributed by atoms with Crippen LogP contribution in [0.25, 0.3) is 11.1 Å². The number of nitrogens with zero attached hydrogens (tertiary/aromatic N) is 2. The second-order valence-corrected chi connectivity index (χ2v) is 12.6. The molecule has 0 aliphatic carbocycles. The van der Waals surface area contributed by atoms with E-state index >= 15 is 0 Å². The number of H-pyrrole nitrogens is 1. The Morgan fingerprint density at radius 1 is 1.07 bits per heavy atom. The summed E-state index contributed by atoms with van der Waals surface area (Å²) in [6.07, 6.45) is 3.19. The summed E-state index contributed by atoms with van der Waals surface area (Å²) < 4.78 is 11.3. The van der Waals surface area contributed by atoms with Gasteiger partial charge in [-0.15, -0.1) is 0 Å². The van der Waals surface area contributed by atoms with E-state index in [1.807, 2.05) is 51.2 Å². The van der Waals surface area contributed by atoms with E-state index in [1.165, 1.54) is 17.7 Å². The molecule has 1 aromatic carbocycles. The molecule has 0 fully saturated rings. The van der Waals surface area contributed by atoms with E-state index in [9.17, 15) is 19.7 Å². The Morgan fingerprint density at radius 2 is 1.76 bits per heavy atom. The van der Waals surface area contributed by atoms with E-state index in [0.29, 0.717) is 30.9 Å². The van der Waals surface area contributed by atoms with Gasteiger partial charge in [-0.2, -0.15) is 0 Å². The SMILES string of the molecule is CCc1ccc(-c2c[nH]c(CCCNc3ccc([N+](=O)[O-])c(N)n3)c2NC(=O)C(COC(C)(C)C)NC(=O)OC(C)(C)C)cc1. The predicted molar refractivity (Wildman–Crippen MR) is 175 cm³/mol. The van der Waals surface area contributed by atoms with Crippen molar-refractivity contribution >= 4 is 35.0 Å². The number of carbonyl (C=O) groups excluding carboxylic acids is 2. The van der Waals surface area contributed by atoms with Gasteiger partial charge in [0.05, 0.1) is 22.8 Å². The van der Waals surface area contributed by atoms with Crippen molar-refractivity contribution in [3.05, 3.63) is 64.0 Å². The van der Waals surface area contributed by atoms with Gasteiger partial charge in [0.15, 0.2) is 0 Å². The highest BCUT2D eigenvalue weighted by atomic mass is 16.6. The van der Waals surface area contributed by atoms with Gasteiger partial charge in [0.2, 0.25) is 11.7 Å². The van der Waals surface area contributed by atoms with Crippen molar-refractivity contribution in [2.45, 2.75) is 85.0 Å². The molecule has 2 amide bonds. The molecule has 1 unspecified atom stereocenters. The van der Waals surface area contributed by atoms with Gasteiger partial charge in [-0.25, -0.2) is 9.78 Å². The number of benzene rings is 1. The molecule has 45 heavy (non-hydrogen) atoms. The molecule has 6 N–H and O–H groups in total. The predicted octanol–water partition coefficient (Wildman–Crippen LogP) is 5.82. The first-order valence-electron chi connectivity index (χ1n) is 14.9. The molecule has 2 aromatic heterocycles. The van der Waals surface area contributed by atoms with Crippen molar-refractivity contribution in [3.8, 4) is 11.1 Å². The third-order valence-electron chi connectivity index (χ3n) is 6.58. The number of hydrogen-bond acceptors (Lipinski definition) is 9. The second kappa shape index (κ2) is 14.9. The van der Waals surface area contributed by atoms with Gasteiger partial charge < -0.3 is 36.1 Å². The molecule has 3 rings (SSSR count). The summed E-state index contributed by atoms with van der Waals surface area (Å²) in [7, 11) is 0. The molecule has 0 aliphatic heterocycles. The zero-order valence-electron chi connectivity index (χ0n) is 27.1. The fraction of sp³-hybridized carbons (Fsp3) is 0.469. The molecular formula is C32H45N7O6. The van der Waals surface area contributed by atoms with Crippen molar-refractivity contribution < 1.29 is 24.0 Å². The number of aromatic amines is 1. The van der Waals surface area contributed by atoms with Gasteiger partial charge in [-0.3, -0.25) is 14.9 Å². The smallest absolute Gasteiger partial charge is 0.408 e. The van der Waals surface area contributed by atoms with Crippen LogP contribution in [-0.4, -0.2) is 57.3 Å². The van der Waals surface area contributed by atoms with Crippen molar-refractivity contribution in [1.29, 1.82) is 0 Å². The Balaban J connectivity index is 1.83. The number of carbonyl (C=O) groups is 2. The lowest BCUT2D eigenvalue weighted by Gasteiger charge is -2.26. The topological polar surface area (TPSA) is 187 Å². The minimum absolute atomic E-state index is 0.0653. The number of amides is 2. The summed E-state index contributed by atoms with van der Waals surface area (Å²) in [6.45, 7) is 13.3. The lowest BCUT2D eigenvalue weighted by atomic mass is 10.0. The molecule has 0 saturated heterocycles. The van der Waals surface area contributed by atoms with Gasteiger partial charge >= 0.3 is 11.8 Å².